The molecule has 3 heterocycles. The van der Waals surface area contributed by atoms with Crippen molar-refractivity contribution in [3.8, 4) is 79.9 Å². The first kappa shape index (κ1) is 38.3. The molecule has 0 aliphatic carbocycles. The van der Waals surface area contributed by atoms with Crippen LogP contribution in [-0.2, 0) is 0 Å². The average Bonchev–Trinajstić information content (AvgIpc) is 3.91. The van der Waals surface area contributed by atoms with E-state index in [1.807, 2.05) is 103 Å². The van der Waals surface area contributed by atoms with E-state index in [2.05, 4.69) is 130 Å². The fraction of sp³-hybridized carbons (Fsp3) is 0. The van der Waals surface area contributed by atoms with Crippen LogP contribution in [0.4, 0.5) is 0 Å². The van der Waals surface area contributed by atoms with E-state index in [9.17, 15) is 10.5 Å². The topological polar surface area (TPSA) is 96.1 Å². The highest BCUT2D eigenvalue weighted by Gasteiger charge is 2.22. The van der Waals surface area contributed by atoms with Crippen LogP contribution in [0.15, 0.2) is 212 Å². The van der Waals surface area contributed by atoms with Gasteiger partial charge in [-0.2, -0.15) is 20.5 Å². The second-order valence-electron chi connectivity index (χ2n) is 16.3. The van der Waals surface area contributed by atoms with Gasteiger partial charge in [0.2, 0.25) is 5.95 Å². The number of nitrogens with zero attached hydrogens (tertiary/aromatic N) is 7. The standard InChI is InChI=1S/C59H35N7/c60-36-38-23-25-41(26-24-38)46-17-7-8-20-49(46)58-62-57(63-59(64-58)66-53-21-11-9-18-47(53)48-19-10-12-22-54(48)66)44-29-30-52(45(33-44)37-61)65-55-31-27-42(39-13-3-1-4-14-39)34-50(55)51-35-43(28-32-56(51)65)40-15-5-2-6-16-40/h1-35H. The maximum absolute atomic E-state index is 11.1. The fourth-order valence-corrected chi connectivity index (χ4v) is 9.37. The van der Waals surface area contributed by atoms with Crippen LogP contribution < -0.4 is 0 Å². The summed E-state index contributed by atoms with van der Waals surface area (Å²) in [5.74, 6) is 1.36. The van der Waals surface area contributed by atoms with Gasteiger partial charge in [0.1, 0.15) is 6.07 Å². The van der Waals surface area contributed by atoms with Gasteiger partial charge in [0, 0.05) is 32.7 Å². The lowest BCUT2D eigenvalue weighted by molar-refractivity contribution is 0.953. The summed E-state index contributed by atoms with van der Waals surface area (Å²) in [6, 6.07) is 76.8. The van der Waals surface area contributed by atoms with Gasteiger partial charge in [-0.25, -0.2) is 4.98 Å². The minimum absolute atomic E-state index is 0.428. The number of hydrogen-bond donors (Lipinski definition) is 0. The predicted octanol–water partition coefficient (Wildman–Crippen LogP) is 14.1. The van der Waals surface area contributed by atoms with Crippen LogP contribution in [0.5, 0.6) is 0 Å². The Morgan fingerprint density at radius 2 is 0.833 bits per heavy atom. The highest BCUT2D eigenvalue weighted by molar-refractivity contribution is 6.12. The van der Waals surface area contributed by atoms with E-state index in [0.29, 0.717) is 34.3 Å². The molecule has 7 nitrogen and oxygen atoms in total. The summed E-state index contributed by atoms with van der Waals surface area (Å²) in [7, 11) is 0. The highest BCUT2D eigenvalue weighted by Crippen LogP contribution is 2.40. The van der Waals surface area contributed by atoms with Crippen LogP contribution in [0.3, 0.4) is 0 Å². The number of fused-ring (bicyclic) bond motifs is 6. The van der Waals surface area contributed by atoms with Gasteiger partial charge in [0.15, 0.2) is 11.6 Å². The number of para-hydroxylation sites is 2. The second kappa shape index (κ2) is 15.7. The normalized spacial score (nSPS) is 11.3. The molecule has 306 valence electrons. The van der Waals surface area contributed by atoms with Crippen molar-refractivity contribution in [1.29, 1.82) is 10.5 Å². The van der Waals surface area contributed by atoms with Crippen LogP contribution in [0.1, 0.15) is 11.1 Å². The van der Waals surface area contributed by atoms with Crippen LogP contribution in [0.2, 0.25) is 0 Å². The smallest absolute Gasteiger partial charge is 0.238 e. The summed E-state index contributed by atoms with van der Waals surface area (Å²) >= 11 is 0. The Kier molecular flexibility index (Phi) is 9.12. The predicted molar refractivity (Wildman–Crippen MR) is 265 cm³/mol. The van der Waals surface area contributed by atoms with E-state index in [1.165, 1.54) is 0 Å². The van der Waals surface area contributed by atoms with Gasteiger partial charge >= 0.3 is 0 Å². The molecule has 0 N–H and O–H groups in total. The first-order valence-electron chi connectivity index (χ1n) is 21.7. The molecule has 9 aromatic carbocycles. The molecule has 12 rings (SSSR count). The molecule has 66 heavy (non-hydrogen) atoms. The summed E-state index contributed by atoms with van der Waals surface area (Å²) in [6.07, 6.45) is 0. The number of hydrogen-bond acceptors (Lipinski definition) is 5. The lowest BCUT2D eigenvalue weighted by atomic mass is 9.98. The quantitative estimate of drug-likeness (QED) is 0.159. The van der Waals surface area contributed by atoms with Crippen LogP contribution in [0.25, 0.3) is 111 Å². The van der Waals surface area contributed by atoms with E-state index >= 15 is 0 Å². The number of rotatable bonds is 7. The molecule has 0 spiro atoms. The molecule has 0 fully saturated rings. The SMILES string of the molecule is N#Cc1ccc(-c2ccccc2-c2nc(-c3ccc(-n4c5ccc(-c6ccccc6)cc5c5cc(-c6ccccc6)ccc54)c(C#N)c3)nc(-n3c4ccccc4c4ccccc43)n2)cc1. The van der Waals surface area contributed by atoms with E-state index in [-0.39, 0.29) is 0 Å². The number of nitriles is 2. The van der Waals surface area contributed by atoms with Gasteiger partial charge in [-0.15, -0.1) is 0 Å². The monoisotopic (exact) mass is 841 g/mol. The summed E-state index contributed by atoms with van der Waals surface area (Å²) in [5.41, 5.74) is 13.6. The van der Waals surface area contributed by atoms with E-state index in [4.69, 9.17) is 15.0 Å². The fourth-order valence-electron chi connectivity index (χ4n) is 9.37. The summed E-state index contributed by atoms with van der Waals surface area (Å²) in [6.45, 7) is 0. The molecule has 0 aliphatic heterocycles. The van der Waals surface area contributed by atoms with Crippen molar-refractivity contribution in [2.75, 3.05) is 0 Å². The third-order valence-corrected chi connectivity index (χ3v) is 12.5. The molecule has 0 radical (unpaired) electrons. The summed E-state index contributed by atoms with van der Waals surface area (Å²) < 4.78 is 4.29. The average molecular weight is 842 g/mol. The first-order valence-corrected chi connectivity index (χ1v) is 21.7. The molecule has 0 unspecified atom stereocenters. The molecule has 0 atom stereocenters. The molecule has 0 saturated carbocycles. The zero-order chi connectivity index (χ0) is 44.1. The zero-order valence-corrected chi connectivity index (χ0v) is 35.3. The zero-order valence-electron chi connectivity index (χ0n) is 35.3. The summed E-state index contributed by atoms with van der Waals surface area (Å²) in [4.78, 5) is 15.7. The molecule has 3 aromatic heterocycles. The Hall–Kier alpha value is -9.43. The Balaban J connectivity index is 1.07. The van der Waals surface area contributed by atoms with E-state index in [0.717, 1.165) is 88.2 Å². The molecule has 0 aliphatic rings. The van der Waals surface area contributed by atoms with E-state index < -0.39 is 0 Å². The van der Waals surface area contributed by atoms with Crippen molar-refractivity contribution in [2.45, 2.75) is 0 Å². The van der Waals surface area contributed by atoms with Crippen LogP contribution >= 0.6 is 0 Å². The molecule has 0 bridgehead atoms. The van der Waals surface area contributed by atoms with Crippen LogP contribution in [0, 0.1) is 22.7 Å². The second-order valence-corrected chi connectivity index (χ2v) is 16.3. The lowest BCUT2D eigenvalue weighted by Gasteiger charge is -2.14. The van der Waals surface area contributed by atoms with Crippen molar-refractivity contribution in [2.24, 2.45) is 0 Å². The minimum Gasteiger partial charge on any atom is -0.308 e. The third-order valence-electron chi connectivity index (χ3n) is 12.5. The van der Waals surface area contributed by atoms with Gasteiger partial charge in [-0.1, -0.05) is 146 Å². The number of aromatic nitrogens is 5. The first-order chi connectivity index (χ1) is 32.6. The molecule has 0 amide bonds. The maximum Gasteiger partial charge on any atom is 0.238 e. The van der Waals surface area contributed by atoms with Crippen molar-refractivity contribution >= 4 is 43.6 Å². The van der Waals surface area contributed by atoms with Gasteiger partial charge < -0.3 is 4.57 Å². The Morgan fingerprint density at radius 1 is 0.333 bits per heavy atom. The van der Waals surface area contributed by atoms with Crippen molar-refractivity contribution in [3.63, 3.8) is 0 Å². The van der Waals surface area contributed by atoms with Crippen molar-refractivity contribution in [3.05, 3.63) is 223 Å². The molecule has 0 saturated heterocycles. The molecular formula is C59H35N7. The Morgan fingerprint density at radius 3 is 1.42 bits per heavy atom. The minimum atomic E-state index is 0.428. The van der Waals surface area contributed by atoms with Gasteiger partial charge in [0.05, 0.1) is 45.0 Å². The molecule has 12 aromatic rings. The lowest BCUT2D eigenvalue weighted by Crippen LogP contribution is -2.07. The highest BCUT2D eigenvalue weighted by atomic mass is 15.2. The van der Waals surface area contributed by atoms with Crippen molar-refractivity contribution in [1.82, 2.24) is 24.1 Å². The van der Waals surface area contributed by atoms with Gasteiger partial charge in [-0.3, -0.25) is 4.57 Å². The van der Waals surface area contributed by atoms with Crippen molar-refractivity contribution < 1.29 is 0 Å². The summed E-state index contributed by atoms with van der Waals surface area (Å²) in [5, 5.41) is 25.0. The van der Waals surface area contributed by atoms with Crippen LogP contribution in [-0.4, -0.2) is 24.1 Å². The third kappa shape index (κ3) is 6.39. The Bertz CT molecular complexity index is 3800. The molecular weight excluding hydrogens is 807 g/mol. The largest absolute Gasteiger partial charge is 0.308 e. The molecule has 7 heteroatoms. The van der Waals surface area contributed by atoms with Gasteiger partial charge in [-0.05, 0) is 100 Å². The van der Waals surface area contributed by atoms with Gasteiger partial charge in [0.25, 0.3) is 0 Å². The maximum atomic E-state index is 11.1. The number of benzene rings is 9. The van der Waals surface area contributed by atoms with E-state index in [1.54, 1.807) is 0 Å². The Labute approximate surface area is 380 Å².